The second-order valence-corrected chi connectivity index (χ2v) is 9.40. The second-order valence-electron chi connectivity index (χ2n) is 7.57. The molecule has 140 valence electrons. The third-order valence-electron chi connectivity index (χ3n) is 4.22. The van der Waals surface area contributed by atoms with Crippen LogP contribution in [0.25, 0.3) is 10.6 Å². The van der Waals surface area contributed by atoms with Gasteiger partial charge in [0.1, 0.15) is 10.2 Å². The number of ether oxygens (including phenoxy) is 1. The average molecular weight is 438 g/mol. The van der Waals surface area contributed by atoms with Crippen LogP contribution in [0.5, 0.6) is 0 Å². The van der Waals surface area contributed by atoms with Crippen LogP contribution in [0.3, 0.4) is 0 Å². The standard InChI is InChI=1S/C19H24BrN3O2S/c1-19(2,3)25-17(24)11-13-7-9-23(10-8-13)18-21-12-15(26-18)14-5-4-6-16(20)22-14/h4-6,12-13H,7-11H2,1-3H3. The Morgan fingerprint density at radius 2 is 2.08 bits per heavy atom. The molecule has 0 aliphatic carbocycles. The topological polar surface area (TPSA) is 55.3 Å². The fourth-order valence-corrected chi connectivity index (χ4v) is 4.30. The monoisotopic (exact) mass is 437 g/mol. The summed E-state index contributed by atoms with van der Waals surface area (Å²) in [4.78, 5) is 24.5. The molecule has 26 heavy (non-hydrogen) atoms. The van der Waals surface area contributed by atoms with Gasteiger partial charge in [-0.2, -0.15) is 0 Å². The Morgan fingerprint density at radius 3 is 2.73 bits per heavy atom. The molecule has 0 aromatic carbocycles. The maximum Gasteiger partial charge on any atom is 0.306 e. The first-order valence-corrected chi connectivity index (χ1v) is 10.5. The van der Waals surface area contributed by atoms with Gasteiger partial charge >= 0.3 is 5.97 Å². The number of thiazole rings is 1. The molecular weight excluding hydrogens is 414 g/mol. The highest BCUT2D eigenvalue weighted by Crippen LogP contribution is 2.33. The molecule has 0 unspecified atom stereocenters. The van der Waals surface area contributed by atoms with Crippen molar-refractivity contribution in [3.8, 4) is 10.6 Å². The second kappa shape index (κ2) is 8.05. The van der Waals surface area contributed by atoms with Crippen molar-refractivity contribution in [1.82, 2.24) is 9.97 Å². The van der Waals surface area contributed by atoms with E-state index < -0.39 is 5.60 Å². The Balaban J connectivity index is 1.55. The van der Waals surface area contributed by atoms with Crippen LogP contribution < -0.4 is 4.90 Å². The summed E-state index contributed by atoms with van der Waals surface area (Å²) in [5.74, 6) is 0.306. The molecule has 5 nitrogen and oxygen atoms in total. The van der Waals surface area contributed by atoms with Gasteiger partial charge in [0.25, 0.3) is 0 Å². The summed E-state index contributed by atoms with van der Waals surface area (Å²) in [5.41, 5.74) is 0.526. The molecule has 0 bridgehead atoms. The number of halogens is 1. The summed E-state index contributed by atoms with van der Waals surface area (Å²) in [6.45, 7) is 7.58. The highest BCUT2D eigenvalue weighted by molar-refractivity contribution is 9.10. The Bertz CT molecular complexity index is 764. The zero-order chi connectivity index (χ0) is 18.7. The Labute approximate surface area is 166 Å². The average Bonchev–Trinajstić information content (AvgIpc) is 3.04. The highest BCUT2D eigenvalue weighted by Gasteiger charge is 2.25. The molecule has 1 fully saturated rings. The third kappa shape index (κ3) is 5.27. The van der Waals surface area contributed by atoms with Crippen molar-refractivity contribution in [2.24, 2.45) is 5.92 Å². The molecule has 1 saturated heterocycles. The molecule has 2 aromatic heterocycles. The first kappa shape index (κ1) is 19.3. The van der Waals surface area contributed by atoms with Gasteiger partial charge in [0, 0.05) is 25.7 Å². The number of carbonyl (C=O) groups excluding carboxylic acids is 1. The lowest BCUT2D eigenvalue weighted by Gasteiger charge is -2.31. The van der Waals surface area contributed by atoms with E-state index in [9.17, 15) is 4.79 Å². The Morgan fingerprint density at radius 1 is 1.35 bits per heavy atom. The van der Waals surface area contributed by atoms with Crippen LogP contribution in [0.2, 0.25) is 0 Å². The van der Waals surface area contributed by atoms with Crippen molar-refractivity contribution in [3.05, 3.63) is 29.0 Å². The lowest BCUT2D eigenvalue weighted by atomic mass is 9.94. The van der Waals surface area contributed by atoms with E-state index in [-0.39, 0.29) is 5.97 Å². The molecule has 0 radical (unpaired) electrons. The Hall–Kier alpha value is -1.47. The number of aromatic nitrogens is 2. The highest BCUT2D eigenvalue weighted by atomic mass is 79.9. The van der Waals surface area contributed by atoms with Crippen LogP contribution in [0.4, 0.5) is 5.13 Å². The minimum absolute atomic E-state index is 0.0896. The lowest BCUT2D eigenvalue weighted by molar-refractivity contribution is -0.156. The van der Waals surface area contributed by atoms with Crippen molar-refractivity contribution in [3.63, 3.8) is 0 Å². The van der Waals surface area contributed by atoms with E-state index in [1.165, 1.54) is 0 Å². The first-order valence-electron chi connectivity index (χ1n) is 8.86. The van der Waals surface area contributed by atoms with Gasteiger partial charge in [0.2, 0.25) is 0 Å². The smallest absolute Gasteiger partial charge is 0.306 e. The molecule has 3 rings (SSSR count). The van der Waals surface area contributed by atoms with E-state index >= 15 is 0 Å². The third-order valence-corrected chi connectivity index (χ3v) is 5.74. The minimum atomic E-state index is -0.407. The van der Waals surface area contributed by atoms with Crippen molar-refractivity contribution >= 4 is 38.4 Å². The first-order chi connectivity index (χ1) is 12.3. The van der Waals surface area contributed by atoms with Crippen LogP contribution >= 0.6 is 27.3 Å². The lowest BCUT2D eigenvalue weighted by Crippen LogP contribution is -2.35. The Kier molecular flexibility index (Phi) is 5.97. The number of nitrogens with zero attached hydrogens (tertiary/aromatic N) is 3. The fraction of sp³-hybridized carbons (Fsp3) is 0.526. The number of rotatable bonds is 4. The number of esters is 1. The van der Waals surface area contributed by atoms with Gasteiger partial charge in [-0.05, 0) is 67.6 Å². The summed E-state index contributed by atoms with van der Waals surface area (Å²) >= 11 is 5.08. The molecule has 0 amide bonds. The number of piperidine rings is 1. The molecule has 1 aliphatic heterocycles. The van der Waals surface area contributed by atoms with E-state index in [0.29, 0.717) is 12.3 Å². The minimum Gasteiger partial charge on any atom is -0.460 e. The van der Waals surface area contributed by atoms with E-state index in [2.05, 4.69) is 30.8 Å². The predicted octanol–water partition coefficient (Wildman–Crippen LogP) is 4.92. The number of hydrogen-bond acceptors (Lipinski definition) is 6. The molecule has 0 N–H and O–H groups in total. The van der Waals surface area contributed by atoms with Crippen LogP contribution in [-0.2, 0) is 9.53 Å². The van der Waals surface area contributed by atoms with Gasteiger partial charge in [0.05, 0.1) is 10.6 Å². The van der Waals surface area contributed by atoms with E-state index in [1.807, 2.05) is 45.2 Å². The van der Waals surface area contributed by atoms with Crippen molar-refractivity contribution < 1.29 is 9.53 Å². The summed E-state index contributed by atoms with van der Waals surface area (Å²) in [7, 11) is 0. The van der Waals surface area contributed by atoms with Gasteiger partial charge < -0.3 is 9.64 Å². The maximum atomic E-state index is 12.0. The molecule has 2 aromatic rings. The largest absolute Gasteiger partial charge is 0.460 e. The van der Waals surface area contributed by atoms with Crippen LogP contribution in [0.1, 0.15) is 40.0 Å². The summed E-state index contributed by atoms with van der Waals surface area (Å²) in [6.07, 6.45) is 4.38. The number of carbonyl (C=O) groups is 1. The summed E-state index contributed by atoms with van der Waals surface area (Å²) < 4.78 is 6.27. The van der Waals surface area contributed by atoms with Gasteiger partial charge in [-0.3, -0.25) is 4.79 Å². The zero-order valence-electron chi connectivity index (χ0n) is 15.4. The quantitative estimate of drug-likeness (QED) is 0.501. The molecule has 0 saturated carbocycles. The van der Waals surface area contributed by atoms with Crippen LogP contribution in [0, 0.1) is 5.92 Å². The van der Waals surface area contributed by atoms with Crippen molar-refractivity contribution in [2.75, 3.05) is 18.0 Å². The molecule has 1 aliphatic rings. The van der Waals surface area contributed by atoms with E-state index in [4.69, 9.17) is 4.74 Å². The van der Waals surface area contributed by atoms with Gasteiger partial charge in [-0.15, -0.1) is 0 Å². The van der Waals surface area contributed by atoms with Crippen LogP contribution in [0.15, 0.2) is 29.0 Å². The van der Waals surface area contributed by atoms with Crippen LogP contribution in [-0.4, -0.2) is 34.6 Å². The molecule has 0 atom stereocenters. The molecule has 7 heteroatoms. The van der Waals surface area contributed by atoms with Crippen molar-refractivity contribution in [1.29, 1.82) is 0 Å². The summed E-state index contributed by atoms with van der Waals surface area (Å²) in [6, 6.07) is 5.89. The fourth-order valence-electron chi connectivity index (χ4n) is 3.02. The van der Waals surface area contributed by atoms with E-state index in [0.717, 1.165) is 46.2 Å². The van der Waals surface area contributed by atoms with Gasteiger partial charge in [0.15, 0.2) is 5.13 Å². The number of pyridine rings is 1. The van der Waals surface area contributed by atoms with E-state index in [1.54, 1.807) is 11.3 Å². The normalized spacial score (nSPS) is 15.9. The van der Waals surface area contributed by atoms with Gasteiger partial charge in [-0.1, -0.05) is 17.4 Å². The maximum absolute atomic E-state index is 12.0. The molecular formula is C19H24BrN3O2S. The van der Waals surface area contributed by atoms with Gasteiger partial charge in [-0.25, -0.2) is 9.97 Å². The molecule has 0 spiro atoms. The predicted molar refractivity (Wildman–Crippen MR) is 108 cm³/mol. The number of anilines is 1. The number of hydrogen-bond donors (Lipinski definition) is 0. The molecule has 3 heterocycles. The summed E-state index contributed by atoms with van der Waals surface area (Å²) in [5, 5.41) is 1.03. The SMILES string of the molecule is CC(C)(C)OC(=O)CC1CCN(c2ncc(-c3cccc(Br)n3)s2)CC1. The zero-order valence-corrected chi connectivity index (χ0v) is 17.8. The van der Waals surface area contributed by atoms with Crippen molar-refractivity contribution in [2.45, 2.75) is 45.6 Å².